The lowest BCUT2D eigenvalue weighted by Gasteiger charge is -2.21. The number of rotatable bonds is 3. The second-order valence-electron chi connectivity index (χ2n) is 6.00. The van der Waals surface area contributed by atoms with E-state index in [0.717, 1.165) is 41.2 Å². The van der Waals surface area contributed by atoms with E-state index in [2.05, 4.69) is 20.3 Å². The Morgan fingerprint density at radius 3 is 2.75 bits per heavy atom. The zero-order valence-electron chi connectivity index (χ0n) is 13.0. The Morgan fingerprint density at radius 2 is 2.00 bits per heavy atom. The lowest BCUT2D eigenvalue weighted by Crippen LogP contribution is -2.29. The Labute approximate surface area is 148 Å². The largest absolute Gasteiger partial charge is 0.317 e. The number of benzene rings is 1. The molecule has 2 N–H and O–H groups in total. The van der Waals surface area contributed by atoms with E-state index >= 15 is 0 Å². The number of hydrogen-bond donors (Lipinski definition) is 2. The number of nitrogens with one attached hydrogen (secondary N) is 2. The van der Waals surface area contributed by atoms with Crippen molar-refractivity contribution in [2.45, 2.75) is 25.2 Å². The minimum atomic E-state index is -0.150. The molecule has 1 aliphatic rings. The van der Waals surface area contributed by atoms with Crippen molar-refractivity contribution < 1.29 is 0 Å². The van der Waals surface area contributed by atoms with Crippen molar-refractivity contribution in [3.8, 4) is 0 Å². The summed E-state index contributed by atoms with van der Waals surface area (Å²) in [5.74, 6) is 0.979. The monoisotopic (exact) mass is 360 g/mol. The van der Waals surface area contributed by atoms with E-state index in [1.54, 1.807) is 11.3 Å². The summed E-state index contributed by atoms with van der Waals surface area (Å²) in [5, 5.41) is 4.48. The second kappa shape index (κ2) is 6.63. The van der Waals surface area contributed by atoms with Crippen molar-refractivity contribution in [3.05, 3.63) is 56.2 Å². The van der Waals surface area contributed by atoms with Gasteiger partial charge in [-0.15, -0.1) is 11.3 Å². The number of thiazole rings is 1. The van der Waals surface area contributed by atoms with Crippen LogP contribution in [-0.2, 0) is 6.42 Å². The first-order chi connectivity index (χ1) is 11.7. The molecule has 1 fully saturated rings. The quantitative estimate of drug-likeness (QED) is 0.704. The van der Waals surface area contributed by atoms with Gasteiger partial charge in [0.1, 0.15) is 11.0 Å². The number of para-hydroxylation sites is 1. The maximum atomic E-state index is 12.5. The van der Waals surface area contributed by atoms with Gasteiger partial charge in [-0.25, -0.2) is 9.97 Å². The van der Waals surface area contributed by atoms with Crippen LogP contribution in [0.25, 0.3) is 10.2 Å². The molecule has 0 atom stereocenters. The summed E-state index contributed by atoms with van der Waals surface area (Å²) in [4.78, 5) is 24.5. The van der Waals surface area contributed by atoms with Gasteiger partial charge in [-0.1, -0.05) is 23.7 Å². The minimum Gasteiger partial charge on any atom is -0.317 e. The van der Waals surface area contributed by atoms with Crippen LogP contribution >= 0.6 is 22.9 Å². The van der Waals surface area contributed by atoms with Crippen LogP contribution in [-0.4, -0.2) is 28.0 Å². The molecular formula is C17H17ClN4OS. The van der Waals surface area contributed by atoms with Crippen molar-refractivity contribution in [2.75, 3.05) is 13.1 Å². The van der Waals surface area contributed by atoms with E-state index < -0.39 is 0 Å². The van der Waals surface area contributed by atoms with Crippen LogP contribution in [0.2, 0.25) is 5.15 Å². The molecule has 0 aliphatic carbocycles. The van der Waals surface area contributed by atoms with Crippen LogP contribution in [0.3, 0.4) is 0 Å². The van der Waals surface area contributed by atoms with E-state index in [-0.39, 0.29) is 11.5 Å². The van der Waals surface area contributed by atoms with Crippen LogP contribution in [0.5, 0.6) is 0 Å². The van der Waals surface area contributed by atoms with E-state index in [4.69, 9.17) is 11.6 Å². The highest BCUT2D eigenvalue weighted by Gasteiger charge is 2.20. The number of nitrogens with zero attached hydrogens (tertiary/aromatic N) is 2. The van der Waals surface area contributed by atoms with Crippen molar-refractivity contribution >= 4 is 33.2 Å². The van der Waals surface area contributed by atoms with Crippen molar-refractivity contribution in [1.82, 2.24) is 20.3 Å². The van der Waals surface area contributed by atoms with Crippen LogP contribution < -0.4 is 10.9 Å². The number of hydrogen-bond acceptors (Lipinski definition) is 5. The molecule has 5 nitrogen and oxygen atoms in total. The molecule has 0 bridgehead atoms. The van der Waals surface area contributed by atoms with Crippen molar-refractivity contribution in [1.29, 1.82) is 0 Å². The zero-order valence-corrected chi connectivity index (χ0v) is 14.6. The smallest absolute Gasteiger partial charge is 0.256 e. The molecule has 0 unspecified atom stereocenters. The molecular weight excluding hydrogens is 344 g/mol. The van der Waals surface area contributed by atoms with Gasteiger partial charge in [-0.3, -0.25) is 4.79 Å². The van der Waals surface area contributed by atoms with Gasteiger partial charge in [0.2, 0.25) is 0 Å². The molecule has 4 rings (SSSR count). The molecule has 1 aromatic carbocycles. The van der Waals surface area contributed by atoms with E-state index in [9.17, 15) is 4.79 Å². The molecule has 1 aliphatic heterocycles. The fourth-order valence-corrected chi connectivity index (χ4v) is 4.30. The van der Waals surface area contributed by atoms with Gasteiger partial charge >= 0.3 is 0 Å². The van der Waals surface area contributed by atoms with Crippen molar-refractivity contribution in [2.24, 2.45) is 0 Å². The molecule has 24 heavy (non-hydrogen) atoms. The first-order valence-corrected chi connectivity index (χ1v) is 9.24. The molecule has 1 saturated heterocycles. The third kappa shape index (κ3) is 3.09. The minimum absolute atomic E-state index is 0.150. The van der Waals surface area contributed by atoms with Gasteiger partial charge in [-0.2, -0.15) is 0 Å². The summed E-state index contributed by atoms with van der Waals surface area (Å²) in [6.45, 7) is 1.89. The summed E-state index contributed by atoms with van der Waals surface area (Å²) in [7, 11) is 0. The van der Waals surface area contributed by atoms with Gasteiger partial charge in [-0.05, 0) is 38.1 Å². The molecule has 0 saturated carbocycles. The highest BCUT2D eigenvalue weighted by atomic mass is 35.5. The van der Waals surface area contributed by atoms with Gasteiger partial charge in [0.15, 0.2) is 0 Å². The summed E-state index contributed by atoms with van der Waals surface area (Å²) < 4.78 is 1.11. The lowest BCUT2D eigenvalue weighted by molar-refractivity contribution is 0.444. The molecule has 0 spiro atoms. The predicted octanol–water partition coefficient (Wildman–Crippen LogP) is 3.09. The standard InChI is InChI=1S/C17H17ClN4OS/c18-15-11(9-14-20-12-3-1-2-4-13(12)24-14)17(23)22-16(21-15)10-5-7-19-8-6-10/h1-4,10,19H,5-9H2,(H,21,22,23). The highest BCUT2D eigenvalue weighted by Crippen LogP contribution is 2.26. The fraction of sp³-hybridized carbons (Fsp3) is 0.353. The molecule has 0 amide bonds. The first-order valence-electron chi connectivity index (χ1n) is 8.04. The average molecular weight is 361 g/mol. The fourth-order valence-electron chi connectivity index (χ4n) is 3.08. The molecule has 7 heteroatoms. The van der Waals surface area contributed by atoms with Crippen LogP contribution in [0.1, 0.15) is 35.2 Å². The van der Waals surface area contributed by atoms with Gasteiger partial charge in [0, 0.05) is 12.3 Å². The third-order valence-electron chi connectivity index (χ3n) is 4.38. The maximum Gasteiger partial charge on any atom is 0.256 e. The van der Waals surface area contributed by atoms with E-state index in [1.807, 2.05) is 24.3 Å². The molecule has 3 heterocycles. The Hall–Kier alpha value is -1.76. The number of piperidine rings is 1. The first kappa shape index (κ1) is 15.7. The van der Waals surface area contributed by atoms with Gasteiger partial charge < -0.3 is 10.3 Å². The highest BCUT2D eigenvalue weighted by molar-refractivity contribution is 7.18. The van der Waals surface area contributed by atoms with E-state index in [0.29, 0.717) is 23.0 Å². The SMILES string of the molecule is O=c1[nH]c(C2CCNCC2)nc(Cl)c1Cc1nc2ccccc2s1. The van der Waals surface area contributed by atoms with Gasteiger partial charge in [0.25, 0.3) is 5.56 Å². The summed E-state index contributed by atoms with van der Waals surface area (Å²) in [6.07, 6.45) is 2.35. The zero-order chi connectivity index (χ0) is 16.5. The second-order valence-corrected chi connectivity index (χ2v) is 7.47. The number of fused-ring (bicyclic) bond motifs is 1. The Morgan fingerprint density at radius 1 is 1.21 bits per heavy atom. The predicted molar refractivity (Wildman–Crippen MR) is 97.1 cm³/mol. The van der Waals surface area contributed by atoms with Gasteiger partial charge in [0.05, 0.1) is 20.8 Å². The molecule has 2 aromatic heterocycles. The van der Waals surface area contributed by atoms with Crippen LogP contribution in [0.4, 0.5) is 0 Å². The lowest BCUT2D eigenvalue weighted by atomic mass is 9.97. The molecule has 124 valence electrons. The average Bonchev–Trinajstić information content (AvgIpc) is 3.01. The Bertz CT molecular complexity index is 897. The number of halogens is 1. The number of aromatic nitrogens is 3. The van der Waals surface area contributed by atoms with E-state index in [1.165, 1.54) is 0 Å². The number of H-pyrrole nitrogens is 1. The third-order valence-corrected chi connectivity index (χ3v) is 5.72. The normalized spacial score (nSPS) is 15.9. The van der Waals surface area contributed by atoms with Crippen LogP contribution in [0, 0.1) is 0 Å². The summed E-state index contributed by atoms with van der Waals surface area (Å²) in [6, 6.07) is 7.95. The van der Waals surface area contributed by atoms with Crippen molar-refractivity contribution in [3.63, 3.8) is 0 Å². The molecule has 3 aromatic rings. The Kier molecular flexibility index (Phi) is 4.35. The summed E-state index contributed by atoms with van der Waals surface area (Å²) >= 11 is 7.92. The number of aromatic amines is 1. The Balaban J connectivity index is 1.64. The van der Waals surface area contributed by atoms with Crippen LogP contribution in [0.15, 0.2) is 29.1 Å². The molecule has 0 radical (unpaired) electrons. The summed E-state index contributed by atoms with van der Waals surface area (Å²) in [5.41, 5.74) is 1.29. The maximum absolute atomic E-state index is 12.5. The topological polar surface area (TPSA) is 70.7 Å².